The fourth-order valence-corrected chi connectivity index (χ4v) is 3.23. The van der Waals surface area contributed by atoms with Gasteiger partial charge in [-0.25, -0.2) is 0 Å². The van der Waals surface area contributed by atoms with Gasteiger partial charge in [-0.1, -0.05) is 6.07 Å². The molecule has 1 aromatic rings. The number of hydrogen-bond acceptors (Lipinski definition) is 3. The van der Waals surface area contributed by atoms with Crippen LogP contribution in [-0.4, -0.2) is 23.9 Å². The molecule has 0 spiro atoms. The summed E-state index contributed by atoms with van der Waals surface area (Å²) in [5, 5.41) is 9.13. The van der Waals surface area contributed by atoms with E-state index in [9.17, 15) is 9.59 Å². The maximum Gasteiger partial charge on any atom is 0.229 e. The Morgan fingerprint density at radius 3 is 2.55 bits per heavy atom. The number of carbonyl (C=O) groups excluding carboxylic acids is 2. The second kappa shape index (κ2) is 5.25. The predicted molar refractivity (Wildman–Crippen MR) is 77.4 cm³/mol. The summed E-state index contributed by atoms with van der Waals surface area (Å²) < 4.78 is 0. The highest BCUT2D eigenvalue weighted by atomic mass is 16.2. The minimum absolute atomic E-state index is 0.0678. The first-order chi connectivity index (χ1) is 9.61. The Bertz CT molecular complexity index is 544. The Hall–Kier alpha value is -1.88. The van der Waals surface area contributed by atoms with E-state index in [-0.39, 0.29) is 17.7 Å². The molecular formula is C15H19N3O2. The van der Waals surface area contributed by atoms with Crippen molar-refractivity contribution in [2.24, 2.45) is 5.92 Å². The van der Waals surface area contributed by atoms with E-state index in [0.717, 1.165) is 18.5 Å². The van der Waals surface area contributed by atoms with Crippen molar-refractivity contribution in [2.45, 2.75) is 38.3 Å². The van der Waals surface area contributed by atoms with Crippen LogP contribution in [0.4, 0.5) is 11.4 Å². The molecule has 3 atom stereocenters. The summed E-state index contributed by atoms with van der Waals surface area (Å²) in [6.45, 7) is 1.46. The van der Waals surface area contributed by atoms with E-state index in [0.29, 0.717) is 17.8 Å². The summed E-state index contributed by atoms with van der Waals surface area (Å²) in [7, 11) is 0. The molecule has 2 heterocycles. The summed E-state index contributed by atoms with van der Waals surface area (Å²) in [6, 6.07) is 8.08. The average Bonchev–Trinajstić information content (AvgIpc) is 3.00. The molecule has 1 aromatic carbocycles. The van der Waals surface area contributed by atoms with Gasteiger partial charge in [0.15, 0.2) is 0 Å². The molecular weight excluding hydrogens is 254 g/mol. The monoisotopic (exact) mass is 273 g/mol. The van der Waals surface area contributed by atoms with E-state index < -0.39 is 0 Å². The van der Waals surface area contributed by atoms with E-state index in [1.807, 2.05) is 12.1 Å². The van der Waals surface area contributed by atoms with Gasteiger partial charge in [-0.05, 0) is 37.5 Å². The minimum atomic E-state index is -0.120. The lowest BCUT2D eigenvalue weighted by molar-refractivity contribution is -0.120. The van der Waals surface area contributed by atoms with E-state index in [4.69, 9.17) is 0 Å². The summed E-state index contributed by atoms with van der Waals surface area (Å²) in [5.74, 6) is 0.0219. The van der Waals surface area contributed by atoms with Gasteiger partial charge in [0.05, 0.1) is 5.92 Å². The number of benzene rings is 1. The molecule has 2 saturated heterocycles. The van der Waals surface area contributed by atoms with Gasteiger partial charge in [0.25, 0.3) is 0 Å². The second-order valence-corrected chi connectivity index (χ2v) is 5.64. The molecule has 0 radical (unpaired) electrons. The normalized spacial score (nSPS) is 27.4. The van der Waals surface area contributed by atoms with Gasteiger partial charge >= 0.3 is 0 Å². The molecule has 20 heavy (non-hydrogen) atoms. The highest BCUT2D eigenvalue weighted by Gasteiger charge is 2.42. The van der Waals surface area contributed by atoms with E-state index in [2.05, 4.69) is 16.0 Å². The maximum absolute atomic E-state index is 12.3. The first kappa shape index (κ1) is 13.1. The Morgan fingerprint density at radius 1 is 1.20 bits per heavy atom. The molecule has 3 rings (SSSR count). The van der Waals surface area contributed by atoms with E-state index in [1.54, 1.807) is 12.1 Å². The summed E-state index contributed by atoms with van der Waals surface area (Å²) in [4.78, 5) is 23.3. The lowest BCUT2D eigenvalue weighted by atomic mass is 9.88. The van der Waals surface area contributed by atoms with Crippen molar-refractivity contribution in [3.05, 3.63) is 24.3 Å². The zero-order chi connectivity index (χ0) is 14.1. The van der Waals surface area contributed by atoms with Gasteiger partial charge in [-0.15, -0.1) is 0 Å². The third-order valence-corrected chi connectivity index (χ3v) is 4.09. The van der Waals surface area contributed by atoms with Crippen LogP contribution in [0.25, 0.3) is 0 Å². The quantitative estimate of drug-likeness (QED) is 0.785. The van der Waals surface area contributed by atoms with Crippen molar-refractivity contribution in [1.82, 2.24) is 5.32 Å². The fourth-order valence-electron chi connectivity index (χ4n) is 3.23. The first-order valence-electron chi connectivity index (χ1n) is 7.06. The topological polar surface area (TPSA) is 70.2 Å². The molecule has 2 amide bonds. The van der Waals surface area contributed by atoms with Crippen LogP contribution in [0.2, 0.25) is 0 Å². The van der Waals surface area contributed by atoms with Crippen LogP contribution in [0.1, 0.15) is 26.2 Å². The van der Waals surface area contributed by atoms with Crippen LogP contribution in [0.5, 0.6) is 0 Å². The lowest BCUT2D eigenvalue weighted by Crippen LogP contribution is -2.32. The standard InChI is InChI=1S/C15H19N3O2/c1-9(19)16-10-3-2-4-11(7-10)18-15(20)13-8-12-5-6-14(13)17-12/h2-4,7,12-14,17H,5-6,8H2,1H3,(H,16,19)(H,18,20). The van der Waals surface area contributed by atoms with Gasteiger partial charge in [0, 0.05) is 30.4 Å². The molecule has 0 saturated carbocycles. The zero-order valence-corrected chi connectivity index (χ0v) is 11.5. The Labute approximate surface area is 118 Å². The van der Waals surface area contributed by atoms with Crippen molar-refractivity contribution in [1.29, 1.82) is 0 Å². The molecule has 2 bridgehead atoms. The highest BCUT2D eigenvalue weighted by Crippen LogP contribution is 2.34. The zero-order valence-electron chi connectivity index (χ0n) is 11.5. The van der Waals surface area contributed by atoms with Crippen molar-refractivity contribution in [2.75, 3.05) is 10.6 Å². The van der Waals surface area contributed by atoms with Crippen LogP contribution < -0.4 is 16.0 Å². The molecule has 5 nitrogen and oxygen atoms in total. The van der Waals surface area contributed by atoms with Crippen molar-refractivity contribution in [3.8, 4) is 0 Å². The van der Waals surface area contributed by atoms with Gasteiger partial charge in [0.2, 0.25) is 11.8 Å². The smallest absolute Gasteiger partial charge is 0.229 e. The third-order valence-electron chi connectivity index (χ3n) is 4.09. The molecule has 0 aromatic heterocycles. The van der Waals surface area contributed by atoms with Gasteiger partial charge in [0.1, 0.15) is 0 Å². The maximum atomic E-state index is 12.3. The second-order valence-electron chi connectivity index (χ2n) is 5.64. The van der Waals surface area contributed by atoms with Crippen LogP contribution in [0.3, 0.4) is 0 Å². The van der Waals surface area contributed by atoms with Crippen LogP contribution >= 0.6 is 0 Å². The number of hydrogen-bond donors (Lipinski definition) is 3. The van der Waals surface area contributed by atoms with Gasteiger partial charge in [-0.3, -0.25) is 9.59 Å². The SMILES string of the molecule is CC(=O)Nc1cccc(NC(=O)C2CC3CCC2N3)c1. The predicted octanol–water partition coefficient (Wildman–Crippen LogP) is 1.72. The van der Waals surface area contributed by atoms with Gasteiger partial charge in [-0.2, -0.15) is 0 Å². The number of anilines is 2. The molecule has 0 aliphatic carbocycles. The molecule has 2 aliphatic rings. The number of amides is 2. The van der Waals surface area contributed by atoms with Crippen LogP contribution in [-0.2, 0) is 9.59 Å². The van der Waals surface area contributed by atoms with E-state index in [1.165, 1.54) is 13.3 Å². The Morgan fingerprint density at radius 2 is 1.95 bits per heavy atom. The summed E-state index contributed by atoms with van der Waals surface area (Å²) >= 11 is 0. The van der Waals surface area contributed by atoms with Crippen LogP contribution in [0, 0.1) is 5.92 Å². The molecule has 5 heteroatoms. The molecule has 2 fully saturated rings. The van der Waals surface area contributed by atoms with Crippen molar-refractivity contribution < 1.29 is 9.59 Å². The Balaban J connectivity index is 1.65. The largest absolute Gasteiger partial charge is 0.326 e. The number of fused-ring (bicyclic) bond motifs is 2. The van der Waals surface area contributed by atoms with E-state index >= 15 is 0 Å². The number of carbonyl (C=O) groups is 2. The fraction of sp³-hybridized carbons (Fsp3) is 0.467. The minimum Gasteiger partial charge on any atom is -0.326 e. The number of rotatable bonds is 3. The molecule has 2 aliphatic heterocycles. The van der Waals surface area contributed by atoms with Crippen LogP contribution in [0.15, 0.2) is 24.3 Å². The molecule has 106 valence electrons. The van der Waals surface area contributed by atoms with Gasteiger partial charge < -0.3 is 16.0 Å². The third kappa shape index (κ3) is 2.67. The average molecular weight is 273 g/mol. The highest BCUT2D eigenvalue weighted by molar-refractivity contribution is 5.95. The van der Waals surface area contributed by atoms with Crippen molar-refractivity contribution in [3.63, 3.8) is 0 Å². The summed E-state index contributed by atoms with van der Waals surface area (Å²) in [5.41, 5.74) is 1.42. The molecule has 3 unspecified atom stereocenters. The lowest BCUT2D eigenvalue weighted by Gasteiger charge is -2.19. The van der Waals surface area contributed by atoms with Crippen molar-refractivity contribution >= 4 is 23.2 Å². The first-order valence-corrected chi connectivity index (χ1v) is 7.06. The Kier molecular flexibility index (Phi) is 3.44. The molecule has 3 N–H and O–H groups in total. The number of nitrogens with one attached hydrogen (secondary N) is 3. The summed E-state index contributed by atoms with van der Waals surface area (Å²) in [6.07, 6.45) is 3.21.